The molecule has 0 bridgehead atoms. The van der Waals surface area contributed by atoms with E-state index in [1.165, 1.54) is 12.3 Å². The predicted octanol–water partition coefficient (Wildman–Crippen LogP) is 1.93. The van der Waals surface area contributed by atoms with Gasteiger partial charge in [0.2, 0.25) is 5.95 Å². The van der Waals surface area contributed by atoms with Crippen LogP contribution in [-0.2, 0) is 0 Å². The molecular formula is C18H21F3N6O. The number of likely N-dealkylation sites (tertiary alicyclic amines) is 1. The molecule has 3 aliphatic rings. The Morgan fingerprint density at radius 3 is 2.68 bits per heavy atom. The second-order valence-corrected chi connectivity index (χ2v) is 7.33. The van der Waals surface area contributed by atoms with Crippen molar-refractivity contribution in [1.82, 2.24) is 20.2 Å². The first-order valence-electron chi connectivity index (χ1n) is 9.16. The number of amides is 1. The van der Waals surface area contributed by atoms with Crippen LogP contribution < -0.4 is 16.0 Å². The van der Waals surface area contributed by atoms with Gasteiger partial charge in [0.25, 0.3) is 5.91 Å². The number of anilines is 2. The monoisotopic (exact) mass is 394 g/mol. The molecule has 0 radical (unpaired) electrons. The van der Waals surface area contributed by atoms with Crippen molar-refractivity contribution >= 4 is 17.7 Å². The van der Waals surface area contributed by atoms with Crippen LogP contribution in [0.1, 0.15) is 23.2 Å². The molecule has 3 heterocycles. The maximum atomic E-state index is 13.0. The maximum Gasteiger partial charge on any atom is 0.416 e. The Balaban J connectivity index is 1.54. The van der Waals surface area contributed by atoms with E-state index < -0.39 is 29.7 Å². The molecule has 1 saturated heterocycles. The SMILES string of the molecule is CN1CCC(Nc2ncc3c(n2)NC2C=CC(C(F)(F)F)=CC2NC3=O)CC1. The highest BCUT2D eigenvalue weighted by Crippen LogP contribution is 2.31. The zero-order valence-electron chi connectivity index (χ0n) is 15.3. The molecule has 1 aromatic heterocycles. The van der Waals surface area contributed by atoms with E-state index in [4.69, 9.17) is 0 Å². The van der Waals surface area contributed by atoms with E-state index in [0.29, 0.717) is 11.8 Å². The molecule has 3 N–H and O–H groups in total. The molecular weight excluding hydrogens is 373 g/mol. The Labute approximate surface area is 160 Å². The fraction of sp³-hybridized carbons (Fsp3) is 0.500. The number of carbonyl (C=O) groups is 1. The van der Waals surface area contributed by atoms with E-state index in [9.17, 15) is 18.0 Å². The van der Waals surface area contributed by atoms with E-state index in [2.05, 4.69) is 37.9 Å². The highest BCUT2D eigenvalue weighted by molar-refractivity contribution is 5.99. The van der Waals surface area contributed by atoms with Crippen LogP contribution in [0.4, 0.5) is 24.9 Å². The molecule has 2 atom stereocenters. The number of aromatic nitrogens is 2. The first-order chi connectivity index (χ1) is 13.3. The van der Waals surface area contributed by atoms with Gasteiger partial charge in [0.05, 0.1) is 17.7 Å². The summed E-state index contributed by atoms with van der Waals surface area (Å²) in [6, 6.07) is -1.11. The molecule has 0 spiro atoms. The van der Waals surface area contributed by atoms with Gasteiger partial charge in [0.1, 0.15) is 11.4 Å². The molecule has 0 saturated carbocycles. The third-order valence-electron chi connectivity index (χ3n) is 5.24. The zero-order valence-corrected chi connectivity index (χ0v) is 15.3. The summed E-state index contributed by atoms with van der Waals surface area (Å²) in [4.78, 5) is 23.3. The van der Waals surface area contributed by atoms with Gasteiger partial charge in [-0.05, 0) is 39.1 Å². The van der Waals surface area contributed by atoms with E-state index in [1.807, 2.05) is 0 Å². The number of piperidine rings is 1. The third-order valence-corrected chi connectivity index (χ3v) is 5.24. The molecule has 1 aliphatic carbocycles. The third kappa shape index (κ3) is 3.82. The standard InChI is InChI=1S/C18H21F3N6O/c1-27-6-4-11(5-7-27)23-17-22-9-12-15(26-17)24-13-3-2-10(18(19,20)21)8-14(13)25-16(12)28/h2-3,8-9,11,13-14H,4-7H2,1H3,(H,25,28)(H2,22,23,24,26). The lowest BCUT2D eigenvalue weighted by Gasteiger charge is -2.29. The van der Waals surface area contributed by atoms with Crippen molar-refractivity contribution in [2.24, 2.45) is 0 Å². The summed E-state index contributed by atoms with van der Waals surface area (Å²) in [5, 5.41) is 8.96. The van der Waals surface area contributed by atoms with Crippen LogP contribution in [0.3, 0.4) is 0 Å². The van der Waals surface area contributed by atoms with E-state index in [-0.39, 0.29) is 11.6 Å². The Morgan fingerprint density at radius 1 is 1.21 bits per heavy atom. The minimum absolute atomic E-state index is 0.207. The molecule has 1 amide bonds. The fourth-order valence-corrected chi connectivity index (χ4v) is 3.59. The van der Waals surface area contributed by atoms with Crippen LogP contribution in [0.2, 0.25) is 0 Å². The quantitative estimate of drug-likeness (QED) is 0.711. The van der Waals surface area contributed by atoms with E-state index >= 15 is 0 Å². The van der Waals surface area contributed by atoms with Crippen LogP contribution in [0.5, 0.6) is 0 Å². The van der Waals surface area contributed by atoms with Gasteiger partial charge in [0, 0.05) is 12.2 Å². The molecule has 7 nitrogen and oxygen atoms in total. The Morgan fingerprint density at radius 2 is 1.96 bits per heavy atom. The Hall–Kier alpha value is -2.62. The summed E-state index contributed by atoms with van der Waals surface area (Å²) in [6.07, 6.45) is 2.30. The number of rotatable bonds is 2. The summed E-state index contributed by atoms with van der Waals surface area (Å²) in [7, 11) is 2.07. The van der Waals surface area contributed by atoms with Gasteiger partial charge in [-0.25, -0.2) is 4.98 Å². The van der Waals surface area contributed by atoms with Gasteiger partial charge in [-0.1, -0.05) is 12.2 Å². The number of hydrogen-bond donors (Lipinski definition) is 3. The minimum atomic E-state index is -4.46. The van der Waals surface area contributed by atoms with Gasteiger partial charge in [0.15, 0.2) is 0 Å². The van der Waals surface area contributed by atoms with Crippen LogP contribution in [-0.4, -0.2) is 65.2 Å². The van der Waals surface area contributed by atoms with E-state index in [0.717, 1.165) is 38.1 Å². The number of fused-ring (bicyclic) bond motifs is 2. The smallest absolute Gasteiger partial charge is 0.361 e. The first-order valence-corrected chi connectivity index (χ1v) is 9.16. The lowest BCUT2D eigenvalue weighted by molar-refractivity contribution is -0.0888. The number of nitrogens with zero attached hydrogens (tertiary/aromatic N) is 3. The number of nitrogens with one attached hydrogen (secondary N) is 3. The Kier molecular flexibility index (Phi) is 4.74. The fourth-order valence-electron chi connectivity index (χ4n) is 3.59. The number of alkyl halides is 3. The van der Waals surface area contributed by atoms with Gasteiger partial charge < -0.3 is 20.9 Å². The summed E-state index contributed by atoms with van der Waals surface area (Å²) in [5.41, 5.74) is -0.573. The van der Waals surface area contributed by atoms with Crippen molar-refractivity contribution < 1.29 is 18.0 Å². The zero-order chi connectivity index (χ0) is 19.9. The molecule has 28 heavy (non-hydrogen) atoms. The number of hydrogen-bond acceptors (Lipinski definition) is 6. The van der Waals surface area contributed by atoms with Gasteiger partial charge >= 0.3 is 6.18 Å². The highest BCUT2D eigenvalue weighted by Gasteiger charge is 2.37. The molecule has 1 aromatic rings. The minimum Gasteiger partial charge on any atom is -0.361 e. The summed E-state index contributed by atoms with van der Waals surface area (Å²) >= 11 is 0. The summed E-state index contributed by atoms with van der Waals surface area (Å²) in [6.45, 7) is 1.96. The van der Waals surface area contributed by atoms with Crippen LogP contribution in [0.25, 0.3) is 0 Å². The van der Waals surface area contributed by atoms with Crippen molar-refractivity contribution in [3.05, 3.63) is 35.6 Å². The number of carbonyl (C=O) groups excluding carboxylic acids is 1. The van der Waals surface area contributed by atoms with Crippen molar-refractivity contribution in [3.8, 4) is 0 Å². The van der Waals surface area contributed by atoms with Crippen molar-refractivity contribution in [3.63, 3.8) is 0 Å². The molecule has 4 rings (SSSR count). The normalized spacial score (nSPS) is 25.7. The van der Waals surface area contributed by atoms with Crippen LogP contribution >= 0.6 is 0 Å². The van der Waals surface area contributed by atoms with E-state index in [1.54, 1.807) is 0 Å². The molecule has 1 fully saturated rings. The number of halogens is 3. The van der Waals surface area contributed by atoms with Crippen molar-refractivity contribution in [2.75, 3.05) is 30.8 Å². The first kappa shape index (κ1) is 18.7. The van der Waals surface area contributed by atoms with Crippen molar-refractivity contribution in [2.45, 2.75) is 37.1 Å². The predicted molar refractivity (Wildman–Crippen MR) is 98.1 cm³/mol. The van der Waals surface area contributed by atoms with Crippen molar-refractivity contribution in [1.29, 1.82) is 0 Å². The second kappa shape index (κ2) is 7.08. The topological polar surface area (TPSA) is 82.2 Å². The molecule has 2 unspecified atom stereocenters. The van der Waals surface area contributed by atoms with Gasteiger partial charge in [-0.3, -0.25) is 4.79 Å². The van der Waals surface area contributed by atoms with Gasteiger partial charge in [-0.2, -0.15) is 18.2 Å². The second-order valence-electron chi connectivity index (χ2n) is 7.33. The van der Waals surface area contributed by atoms with Crippen LogP contribution in [0.15, 0.2) is 30.0 Å². The van der Waals surface area contributed by atoms with Gasteiger partial charge in [-0.15, -0.1) is 0 Å². The average Bonchev–Trinajstić information content (AvgIpc) is 2.77. The molecule has 0 aromatic carbocycles. The summed E-state index contributed by atoms with van der Waals surface area (Å²) < 4.78 is 38.9. The Bertz CT molecular complexity index is 829. The average molecular weight is 394 g/mol. The molecule has 150 valence electrons. The maximum absolute atomic E-state index is 13.0. The number of allylic oxidation sites excluding steroid dienone is 2. The van der Waals surface area contributed by atoms with Crippen LogP contribution in [0, 0.1) is 0 Å². The molecule has 2 aliphatic heterocycles. The molecule has 10 heteroatoms. The highest BCUT2D eigenvalue weighted by atomic mass is 19.4. The lowest BCUT2D eigenvalue weighted by atomic mass is 9.98. The lowest BCUT2D eigenvalue weighted by Crippen LogP contribution is -2.44. The summed E-state index contributed by atoms with van der Waals surface area (Å²) in [5.74, 6) is 0.205. The largest absolute Gasteiger partial charge is 0.416 e.